The van der Waals surface area contributed by atoms with Crippen molar-refractivity contribution >= 4 is 44.3 Å². The van der Waals surface area contributed by atoms with E-state index >= 15 is 4.39 Å². The predicted octanol–water partition coefficient (Wildman–Crippen LogP) is 12.5. The normalized spacial score (nSPS) is 12.1. The Morgan fingerprint density at radius 1 is 0.529 bits per heavy atom. The van der Waals surface area contributed by atoms with E-state index in [1.54, 1.807) is 12.1 Å². The van der Waals surface area contributed by atoms with Crippen LogP contribution in [0.4, 0.5) is 4.39 Å². The van der Waals surface area contributed by atoms with Crippen LogP contribution in [0.1, 0.15) is 40.2 Å². The van der Waals surface area contributed by atoms with E-state index in [0.717, 1.165) is 38.0 Å². The summed E-state index contributed by atoms with van der Waals surface area (Å²) in [6, 6.07) is 63.4. The predicted molar refractivity (Wildman–Crippen MR) is 221 cm³/mol. The smallest absolute Gasteiger partial charge is 0.144 e. The molecule has 0 aliphatic rings. The molecule has 0 heterocycles. The maximum absolute atomic E-state index is 15.1. The Morgan fingerprint density at radius 2 is 0.941 bits per heavy atom. The van der Waals surface area contributed by atoms with E-state index in [1.807, 2.05) is 19.9 Å². The first kappa shape index (κ1) is 36.1. The molecule has 4 heteroatoms. The molecule has 51 heavy (non-hydrogen) atoms. The molecule has 0 amide bonds. The monoisotopic (exact) mass is 709 g/mol. The van der Waals surface area contributed by atoms with Crippen LogP contribution in [0.5, 0.6) is 5.75 Å². The molecule has 0 unspecified atom stereocenters. The van der Waals surface area contributed by atoms with Gasteiger partial charge in [0.05, 0.1) is 6.16 Å². The molecular formula is C47H47FOPS+. The van der Waals surface area contributed by atoms with Crippen LogP contribution in [-0.2, 0) is 6.16 Å². The van der Waals surface area contributed by atoms with Gasteiger partial charge in [0.15, 0.2) is 0 Å². The van der Waals surface area contributed by atoms with Crippen molar-refractivity contribution in [2.24, 2.45) is 0 Å². The van der Waals surface area contributed by atoms with E-state index in [-0.39, 0.29) is 10.6 Å². The Labute approximate surface area is 306 Å². The average Bonchev–Trinajstić information content (AvgIpc) is 3.18. The van der Waals surface area contributed by atoms with E-state index in [2.05, 4.69) is 185 Å². The fourth-order valence-corrected chi connectivity index (χ4v) is 14.8. The molecule has 258 valence electrons. The molecule has 0 saturated carbocycles. The molecule has 0 aromatic heterocycles. The van der Waals surface area contributed by atoms with Crippen molar-refractivity contribution in [3.8, 4) is 5.75 Å². The summed E-state index contributed by atoms with van der Waals surface area (Å²) in [7, 11) is -4.35. The van der Waals surface area contributed by atoms with Crippen molar-refractivity contribution in [3.05, 3.63) is 193 Å². The molecule has 0 N–H and O–H groups in total. The number of hydrogen-bond acceptors (Lipinski definition) is 1. The number of hydrogen-bond donors (Lipinski definition) is 0. The van der Waals surface area contributed by atoms with E-state index in [4.69, 9.17) is 4.18 Å². The molecule has 7 rings (SSSR count). The molecule has 0 aliphatic carbocycles. The minimum absolute atomic E-state index is 0.258. The minimum Gasteiger partial charge on any atom is -0.439 e. The van der Waals surface area contributed by atoms with Crippen LogP contribution in [0.2, 0.25) is 0 Å². The molecule has 0 spiro atoms. The lowest BCUT2D eigenvalue weighted by Crippen LogP contribution is -2.32. The highest BCUT2D eigenvalue weighted by Crippen LogP contribution is 2.71. The molecular weight excluding hydrogens is 663 g/mol. The molecule has 1 nitrogen and oxygen atoms in total. The Kier molecular flexibility index (Phi) is 11.1. The van der Waals surface area contributed by atoms with Crippen molar-refractivity contribution in [3.63, 3.8) is 0 Å². The highest BCUT2D eigenvalue weighted by atomic mass is 32.3. The number of rotatable bonds is 9. The zero-order valence-electron chi connectivity index (χ0n) is 30.2. The van der Waals surface area contributed by atoms with Crippen LogP contribution in [0.3, 0.4) is 0 Å². The van der Waals surface area contributed by atoms with Gasteiger partial charge in [0.2, 0.25) is 0 Å². The maximum atomic E-state index is 15.1. The largest absolute Gasteiger partial charge is 0.439 e. The molecule has 0 atom stereocenters. The van der Waals surface area contributed by atoms with Crippen molar-refractivity contribution < 1.29 is 8.57 Å². The van der Waals surface area contributed by atoms with Crippen LogP contribution >= 0.6 is 17.6 Å². The van der Waals surface area contributed by atoms with Gasteiger partial charge in [0.1, 0.15) is 34.7 Å². The summed E-state index contributed by atoms with van der Waals surface area (Å²) in [6.07, 6.45) is 0.752. The zero-order chi connectivity index (χ0) is 35.9. The summed E-state index contributed by atoms with van der Waals surface area (Å²) in [6.45, 7) is 10.8. The van der Waals surface area contributed by atoms with Gasteiger partial charge in [-0.15, -0.1) is 0 Å². The van der Waals surface area contributed by atoms with Gasteiger partial charge < -0.3 is 4.18 Å². The molecule has 0 fully saturated rings. The van der Waals surface area contributed by atoms with Crippen LogP contribution in [-0.4, -0.2) is 4.75 Å². The summed E-state index contributed by atoms with van der Waals surface area (Å²) in [5.74, 6) is 0.517. The molecule has 7 aromatic carbocycles. The minimum atomic E-state index is -2.23. The Bertz CT molecular complexity index is 2010. The Morgan fingerprint density at radius 3 is 1.35 bits per heavy atom. The summed E-state index contributed by atoms with van der Waals surface area (Å²) < 4.78 is 22.4. The van der Waals surface area contributed by atoms with E-state index in [9.17, 15) is 0 Å². The van der Waals surface area contributed by atoms with Crippen LogP contribution in [0, 0.1) is 5.82 Å². The van der Waals surface area contributed by atoms with Gasteiger partial charge in [-0.25, -0.2) is 4.39 Å². The standard InChI is InChI=1S/C45H41FOPS.C2H6/c1-45(2,3)49(41-25-15-7-16-26-41,42-27-17-8-18-28-42)47-44-32-35(31-36-33-37(46)29-30-43(36)44)34-48(38-19-9-4-10-20-38,39-21-11-5-12-22-39)40-23-13-6-14-24-40;1-2/h4-33H,34H2,1-3H3;1-2H3/q+1;. The molecule has 0 aliphatic heterocycles. The van der Waals surface area contributed by atoms with Gasteiger partial charge in [0, 0.05) is 19.9 Å². The van der Waals surface area contributed by atoms with E-state index in [0.29, 0.717) is 0 Å². The summed E-state index contributed by atoms with van der Waals surface area (Å²) in [4.78, 5) is 2.29. The van der Waals surface area contributed by atoms with Crippen molar-refractivity contribution in [2.75, 3.05) is 0 Å². The quantitative estimate of drug-likeness (QED) is 0.136. The molecule has 7 aromatic rings. The van der Waals surface area contributed by atoms with Crippen molar-refractivity contribution in [1.29, 1.82) is 0 Å². The molecule has 0 radical (unpaired) electrons. The van der Waals surface area contributed by atoms with E-state index in [1.165, 1.54) is 15.9 Å². The van der Waals surface area contributed by atoms with E-state index < -0.39 is 17.6 Å². The lowest BCUT2D eigenvalue weighted by molar-refractivity contribution is 0.578. The van der Waals surface area contributed by atoms with Gasteiger partial charge in [-0.1, -0.05) is 105 Å². The first-order valence-corrected chi connectivity index (χ1v) is 21.2. The third kappa shape index (κ3) is 7.11. The third-order valence-electron chi connectivity index (χ3n) is 9.17. The third-order valence-corrected chi connectivity index (χ3v) is 17.6. The number of fused-ring (bicyclic) bond motifs is 1. The lowest BCUT2D eigenvalue weighted by Gasteiger charge is -2.50. The van der Waals surface area contributed by atoms with Crippen LogP contribution in [0.15, 0.2) is 192 Å². The Hall–Kier alpha value is -4.69. The van der Waals surface area contributed by atoms with Gasteiger partial charge in [-0.05, 0) is 133 Å². The lowest BCUT2D eigenvalue weighted by atomic mass is 10.1. The second-order valence-electron chi connectivity index (χ2n) is 13.3. The van der Waals surface area contributed by atoms with Crippen LogP contribution < -0.4 is 20.1 Å². The first-order valence-electron chi connectivity index (χ1n) is 17.7. The van der Waals surface area contributed by atoms with Gasteiger partial charge in [0.25, 0.3) is 0 Å². The molecule has 0 bridgehead atoms. The van der Waals surface area contributed by atoms with Gasteiger partial charge in [-0.3, -0.25) is 0 Å². The zero-order valence-corrected chi connectivity index (χ0v) is 31.9. The van der Waals surface area contributed by atoms with Crippen molar-refractivity contribution in [1.82, 2.24) is 0 Å². The second-order valence-corrected chi connectivity index (χ2v) is 20.2. The number of benzene rings is 7. The average molecular weight is 710 g/mol. The fraction of sp³-hybridized carbons (Fsp3) is 0.149. The highest BCUT2D eigenvalue weighted by Gasteiger charge is 2.46. The summed E-state index contributed by atoms with van der Waals surface area (Å²) in [5.41, 5.74) is 1.11. The SMILES string of the molecule is CC.CC(C)(C)S(Oc1cc(C[P+](c2ccccc2)(c2ccccc2)c2ccccc2)cc2cc(F)ccc12)(c1ccccc1)c1ccccc1. The van der Waals surface area contributed by atoms with Gasteiger partial charge in [-0.2, -0.15) is 0 Å². The first-order chi connectivity index (χ1) is 24.8. The van der Waals surface area contributed by atoms with Gasteiger partial charge >= 0.3 is 0 Å². The maximum Gasteiger partial charge on any atom is 0.144 e. The highest BCUT2D eigenvalue weighted by molar-refractivity contribution is 8.31. The number of halogens is 1. The second kappa shape index (κ2) is 15.7. The molecule has 0 saturated heterocycles. The summed E-state index contributed by atoms with van der Waals surface area (Å²) in [5, 5.41) is 5.65. The van der Waals surface area contributed by atoms with Crippen LogP contribution in [0.25, 0.3) is 10.8 Å². The topological polar surface area (TPSA) is 9.23 Å². The Balaban J connectivity index is 0.00000220. The van der Waals surface area contributed by atoms with Crippen molar-refractivity contribution in [2.45, 2.75) is 55.3 Å². The summed E-state index contributed by atoms with van der Waals surface area (Å²) >= 11 is 0. The fourth-order valence-electron chi connectivity index (χ4n) is 6.99.